The first-order valence-corrected chi connectivity index (χ1v) is 13.3. The Morgan fingerprint density at radius 2 is 1.19 bits per heavy atom. The fourth-order valence-electron chi connectivity index (χ4n) is 4.41. The fourth-order valence-corrected chi connectivity index (χ4v) is 7.18. The van der Waals surface area contributed by atoms with E-state index in [0.717, 1.165) is 5.56 Å². The number of hydrogen-bond acceptors (Lipinski definition) is 4. The zero-order valence-electron chi connectivity index (χ0n) is 19.4. The van der Waals surface area contributed by atoms with Gasteiger partial charge < -0.3 is 9.30 Å². The van der Waals surface area contributed by atoms with Gasteiger partial charge in [-0.25, -0.2) is 4.79 Å². The van der Waals surface area contributed by atoms with E-state index in [1.807, 2.05) is 48.5 Å². The van der Waals surface area contributed by atoms with Crippen molar-refractivity contribution < 1.29 is 18.9 Å². The van der Waals surface area contributed by atoms with Crippen molar-refractivity contribution in [1.82, 2.24) is 4.90 Å². The summed E-state index contributed by atoms with van der Waals surface area (Å²) in [7, 11) is -3.57. The number of ketones is 1. The van der Waals surface area contributed by atoms with Crippen LogP contribution in [0.4, 0.5) is 4.79 Å². The van der Waals surface area contributed by atoms with E-state index in [1.165, 1.54) is 11.1 Å². The maximum absolute atomic E-state index is 14.9. The highest BCUT2D eigenvalue weighted by atomic mass is 31.2. The molecule has 0 N–H and O–H groups in total. The Kier molecular flexibility index (Phi) is 6.66. The summed E-state index contributed by atoms with van der Waals surface area (Å²) in [4.78, 5) is 28.5. The first kappa shape index (κ1) is 23.5. The van der Waals surface area contributed by atoms with Crippen LogP contribution in [-0.4, -0.2) is 16.8 Å². The predicted octanol–water partition coefficient (Wildman–Crippen LogP) is 6.06. The van der Waals surface area contributed by atoms with Gasteiger partial charge in [0.05, 0.1) is 11.4 Å². The van der Waals surface area contributed by atoms with Gasteiger partial charge in [-0.15, -0.1) is 0 Å². The molecule has 5 nitrogen and oxygen atoms in total. The van der Waals surface area contributed by atoms with Crippen LogP contribution in [0.1, 0.15) is 18.0 Å². The Hall–Kier alpha value is -4.21. The van der Waals surface area contributed by atoms with Crippen LogP contribution in [0.2, 0.25) is 0 Å². The summed E-state index contributed by atoms with van der Waals surface area (Å²) in [5.41, 5.74) is 0.792. The summed E-state index contributed by atoms with van der Waals surface area (Å²) in [6.45, 7) is 0. The van der Waals surface area contributed by atoms with Gasteiger partial charge >= 0.3 is 6.09 Å². The largest absolute Gasteiger partial charge is 0.419 e. The van der Waals surface area contributed by atoms with Crippen LogP contribution < -0.4 is 15.3 Å². The van der Waals surface area contributed by atoms with Crippen molar-refractivity contribution in [3.05, 3.63) is 138 Å². The molecule has 0 spiro atoms. The number of carbonyl (C=O) groups is 2. The van der Waals surface area contributed by atoms with Gasteiger partial charge in [-0.2, -0.15) is 0 Å². The van der Waals surface area contributed by atoms with Crippen LogP contribution in [0, 0.1) is 0 Å². The molecule has 0 bridgehead atoms. The Morgan fingerprint density at radius 1 is 0.722 bits per heavy atom. The second-order valence-corrected chi connectivity index (χ2v) is 11.2. The van der Waals surface area contributed by atoms with Crippen LogP contribution in [0.5, 0.6) is 5.75 Å². The Bertz CT molecular complexity index is 1390. The molecule has 5 rings (SSSR count). The monoisotopic (exact) mass is 493 g/mol. The standard InChI is InChI=1S/C30H24NO4P/c32-28-21-27(23-13-5-1-6-14-23)31(30(33)35-24-15-7-2-8-16-24)22-29(28)36(34,25-17-9-3-10-18-25)26-19-11-4-12-20-26/h1-20,22,27H,21H2. The second-order valence-electron chi connectivity index (χ2n) is 8.44. The molecule has 1 atom stereocenters. The summed E-state index contributed by atoms with van der Waals surface area (Å²) in [6, 6.07) is 35.4. The summed E-state index contributed by atoms with van der Waals surface area (Å²) in [5, 5.41) is 1.17. The van der Waals surface area contributed by atoms with E-state index in [0.29, 0.717) is 16.4 Å². The molecule has 0 aliphatic carbocycles. The zero-order chi connectivity index (χ0) is 25.0. The minimum atomic E-state index is -3.57. The van der Waals surface area contributed by atoms with Gasteiger partial charge in [0.25, 0.3) is 0 Å². The third kappa shape index (κ3) is 4.53. The molecule has 178 valence electrons. The molecule has 1 aliphatic rings. The molecule has 0 saturated carbocycles. The van der Waals surface area contributed by atoms with Crippen LogP contribution in [0.15, 0.2) is 133 Å². The Balaban J connectivity index is 1.66. The highest BCUT2D eigenvalue weighted by molar-refractivity contribution is 7.83. The molecule has 36 heavy (non-hydrogen) atoms. The van der Waals surface area contributed by atoms with E-state index in [-0.39, 0.29) is 17.5 Å². The zero-order valence-corrected chi connectivity index (χ0v) is 20.3. The number of nitrogens with zero attached hydrogens (tertiary/aromatic N) is 1. The van der Waals surface area contributed by atoms with Crippen LogP contribution in [0.3, 0.4) is 0 Å². The highest BCUT2D eigenvalue weighted by Gasteiger charge is 2.42. The molecule has 0 radical (unpaired) electrons. The van der Waals surface area contributed by atoms with Crippen LogP contribution >= 0.6 is 7.14 Å². The molecule has 0 saturated heterocycles. The van der Waals surface area contributed by atoms with Crippen molar-refractivity contribution in [2.24, 2.45) is 0 Å². The van der Waals surface area contributed by atoms with E-state index in [2.05, 4.69) is 0 Å². The number of carbonyl (C=O) groups excluding carboxylic acids is 2. The molecule has 0 fully saturated rings. The molecule has 1 unspecified atom stereocenters. The topological polar surface area (TPSA) is 63.7 Å². The number of rotatable bonds is 5. The molecular weight excluding hydrogens is 469 g/mol. The van der Waals surface area contributed by atoms with Gasteiger partial charge in [0.2, 0.25) is 0 Å². The van der Waals surface area contributed by atoms with Crippen molar-refractivity contribution in [3.63, 3.8) is 0 Å². The average molecular weight is 493 g/mol. The maximum Gasteiger partial charge on any atom is 0.419 e. The van der Waals surface area contributed by atoms with Gasteiger partial charge in [-0.1, -0.05) is 109 Å². The molecule has 4 aromatic rings. The molecule has 0 aromatic heterocycles. The number of ether oxygens (including phenoxy) is 1. The first-order chi connectivity index (χ1) is 17.6. The Morgan fingerprint density at radius 3 is 1.72 bits per heavy atom. The molecule has 4 aromatic carbocycles. The lowest BCUT2D eigenvalue weighted by Gasteiger charge is -2.34. The molecular formula is C30H24NO4P. The smallest absolute Gasteiger partial charge is 0.410 e. The quantitative estimate of drug-likeness (QED) is 0.317. The van der Waals surface area contributed by atoms with E-state index in [4.69, 9.17) is 4.74 Å². The average Bonchev–Trinajstić information content (AvgIpc) is 2.94. The van der Waals surface area contributed by atoms with Crippen LogP contribution in [-0.2, 0) is 9.36 Å². The fraction of sp³-hybridized carbons (Fsp3) is 0.0667. The van der Waals surface area contributed by atoms with Gasteiger partial charge in [0.15, 0.2) is 12.9 Å². The number of Topliss-reactive ketones (excluding diaryl/α,β-unsaturated/α-hetero) is 1. The third-order valence-electron chi connectivity index (χ3n) is 6.18. The van der Waals surface area contributed by atoms with Crippen molar-refractivity contribution in [1.29, 1.82) is 0 Å². The van der Waals surface area contributed by atoms with E-state index >= 15 is 0 Å². The molecule has 1 heterocycles. The van der Waals surface area contributed by atoms with Gasteiger partial charge in [-0.3, -0.25) is 9.69 Å². The van der Waals surface area contributed by atoms with Crippen LogP contribution in [0.25, 0.3) is 0 Å². The minimum Gasteiger partial charge on any atom is -0.410 e. The number of hydrogen-bond donors (Lipinski definition) is 0. The number of allylic oxidation sites excluding steroid dienone is 1. The first-order valence-electron chi connectivity index (χ1n) is 11.6. The number of para-hydroxylation sites is 1. The normalized spacial score (nSPS) is 15.8. The number of amides is 1. The summed E-state index contributed by atoms with van der Waals surface area (Å²) in [5.74, 6) is 0.124. The minimum absolute atomic E-state index is 0.0105. The Labute approximate surface area is 210 Å². The lowest BCUT2D eigenvalue weighted by Crippen LogP contribution is -2.39. The molecule has 6 heteroatoms. The molecule has 1 amide bonds. The van der Waals surface area contributed by atoms with E-state index in [9.17, 15) is 14.2 Å². The summed E-state index contributed by atoms with van der Waals surface area (Å²) >= 11 is 0. The van der Waals surface area contributed by atoms with E-state index < -0.39 is 19.3 Å². The van der Waals surface area contributed by atoms with E-state index in [1.54, 1.807) is 72.8 Å². The lowest BCUT2D eigenvalue weighted by atomic mass is 9.97. The SMILES string of the molecule is O=C1CC(c2ccccc2)N(C(=O)Oc2ccccc2)C=C1P(=O)(c1ccccc1)c1ccccc1. The lowest BCUT2D eigenvalue weighted by molar-refractivity contribution is -0.116. The van der Waals surface area contributed by atoms with Crippen molar-refractivity contribution in [3.8, 4) is 5.75 Å². The highest BCUT2D eigenvalue weighted by Crippen LogP contribution is 2.54. The second kappa shape index (κ2) is 10.2. The van der Waals surface area contributed by atoms with Crippen molar-refractivity contribution in [2.45, 2.75) is 12.5 Å². The van der Waals surface area contributed by atoms with Gasteiger partial charge in [-0.05, 0) is 17.7 Å². The third-order valence-corrected chi connectivity index (χ3v) is 9.28. The van der Waals surface area contributed by atoms with Gasteiger partial charge in [0, 0.05) is 23.2 Å². The van der Waals surface area contributed by atoms with Crippen molar-refractivity contribution in [2.75, 3.05) is 0 Å². The van der Waals surface area contributed by atoms with Crippen molar-refractivity contribution >= 4 is 29.6 Å². The predicted molar refractivity (Wildman–Crippen MR) is 141 cm³/mol. The molecule has 1 aliphatic heterocycles. The number of benzene rings is 4. The maximum atomic E-state index is 14.9. The van der Waals surface area contributed by atoms with Gasteiger partial charge in [0.1, 0.15) is 5.75 Å². The summed E-state index contributed by atoms with van der Waals surface area (Å²) < 4.78 is 20.5. The summed E-state index contributed by atoms with van der Waals surface area (Å²) in [6.07, 6.45) is 0.784.